The molecule has 0 radical (unpaired) electrons. The van der Waals surface area contributed by atoms with Gasteiger partial charge in [-0.2, -0.15) is 0 Å². The van der Waals surface area contributed by atoms with Gasteiger partial charge in [0.15, 0.2) is 5.05 Å². The normalized spacial score (nSPS) is 9.38. The Morgan fingerprint density at radius 1 is 1.46 bits per heavy atom. The number of hydrogen-bond donors (Lipinski definition) is 1. The summed E-state index contributed by atoms with van der Waals surface area (Å²) in [4.78, 5) is 11.0. The zero-order valence-corrected chi connectivity index (χ0v) is 8.78. The third-order valence-electron chi connectivity index (χ3n) is 1.26. The number of rotatable bonds is 6. The molecule has 0 aliphatic rings. The Bertz CT molecular complexity index is 173. The highest BCUT2D eigenvalue weighted by Gasteiger charge is 1.99. The number of thiocarbonyl (C=S) groups is 1. The Balaban J connectivity index is 3.25. The Kier molecular flexibility index (Phi) is 7.53. The molecule has 0 saturated heterocycles. The summed E-state index contributed by atoms with van der Waals surface area (Å²) in [5.41, 5.74) is 0. The average Bonchev–Trinajstić information content (AvgIpc) is 2.04. The minimum Gasteiger partial charge on any atom is -0.487 e. The van der Waals surface area contributed by atoms with E-state index in [1.165, 1.54) is 0 Å². The van der Waals surface area contributed by atoms with Gasteiger partial charge in [0, 0.05) is 20.6 Å². The lowest BCUT2D eigenvalue weighted by Crippen LogP contribution is -2.27. The molecule has 1 N–H and O–H groups in total. The van der Waals surface area contributed by atoms with Gasteiger partial charge in [-0.3, -0.25) is 4.79 Å². The predicted molar refractivity (Wildman–Crippen MR) is 53.7 cm³/mol. The van der Waals surface area contributed by atoms with E-state index in [0.717, 1.165) is 0 Å². The highest BCUT2D eigenvalue weighted by molar-refractivity contribution is 7.80. The number of methoxy groups -OCH3 is 1. The first-order chi connectivity index (χ1) is 6.16. The Labute approximate surface area is 83.6 Å². The largest absolute Gasteiger partial charge is 0.487 e. The molecule has 0 saturated carbocycles. The fourth-order valence-corrected chi connectivity index (χ4v) is 0.752. The van der Waals surface area contributed by atoms with Crippen LogP contribution in [0.5, 0.6) is 0 Å². The van der Waals surface area contributed by atoms with Crippen LogP contribution in [0.25, 0.3) is 0 Å². The quantitative estimate of drug-likeness (QED) is 0.507. The summed E-state index contributed by atoms with van der Waals surface area (Å²) in [6.45, 7) is 3.08. The Morgan fingerprint density at radius 3 is 2.69 bits per heavy atom. The molecule has 0 aromatic heterocycles. The maximum Gasteiger partial charge on any atom is 0.223 e. The number of nitrogens with one attached hydrogen (secondary N) is 1. The van der Waals surface area contributed by atoms with Gasteiger partial charge in [0.05, 0.1) is 19.6 Å². The lowest BCUT2D eigenvalue weighted by Gasteiger charge is -2.05. The van der Waals surface area contributed by atoms with Crippen molar-refractivity contribution in [3.8, 4) is 0 Å². The lowest BCUT2D eigenvalue weighted by atomic mass is 10.4. The number of amides is 1. The zero-order valence-electron chi connectivity index (χ0n) is 7.96. The highest BCUT2D eigenvalue weighted by Crippen LogP contribution is 1.85. The van der Waals surface area contributed by atoms with Crippen LogP contribution in [0.2, 0.25) is 0 Å². The third kappa shape index (κ3) is 9.23. The average molecular weight is 205 g/mol. The van der Waals surface area contributed by atoms with E-state index in [9.17, 15) is 4.79 Å². The van der Waals surface area contributed by atoms with Crippen LogP contribution in [0.3, 0.4) is 0 Å². The summed E-state index contributed by atoms with van der Waals surface area (Å²) >= 11 is 4.68. The predicted octanol–water partition coefficient (Wildman–Crippen LogP) is 0.503. The summed E-state index contributed by atoms with van der Waals surface area (Å²) < 4.78 is 9.73. The van der Waals surface area contributed by atoms with Crippen LogP contribution >= 0.6 is 12.2 Å². The molecule has 5 heteroatoms. The fourth-order valence-electron chi connectivity index (χ4n) is 0.668. The smallest absolute Gasteiger partial charge is 0.223 e. The van der Waals surface area contributed by atoms with Gasteiger partial charge < -0.3 is 14.8 Å². The van der Waals surface area contributed by atoms with Gasteiger partial charge in [-0.15, -0.1) is 0 Å². The monoisotopic (exact) mass is 205 g/mol. The van der Waals surface area contributed by atoms with E-state index in [4.69, 9.17) is 9.47 Å². The van der Waals surface area contributed by atoms with E-state index in [0.29, 0.717) is 31.2 Å². The third-order valence-corrected chi connectivity index (χ3v) is 1.38. The lowest BCUT2D eigenvalue weighted by molar-refractivity contribution is -0.121. The second-order valence-corrected chi connectivity index (χ2v) is 3.01. The molecule has 0 rings (SSSR count). The second-order valence-electron chi connectivity index (χ2n) is 2.43. The number of carbonyl (C=O) groups is 1. The molecule has 0 bridgehead atoms. The van der Waals surface area contributed by atoms with Crippen molar-refractivity contribution in [1.29, 1.82) is 0 Å². The highest BCUT2D eigenvalue weighted by atomic mass is 32.1. The van der Waals surface area contributed by atoms with E-state index in [1.54, 1.807) is 14.0 Å². The van der Waals surface area contributed by atoms with Gasteiger partial charge in [0.2, 0.25) is 5.91 Å². The van der Waals surface area contributed by atoms with Crippen LogP contribution in [0.1, 0.15) is 13.3 Å². The van der Waals surface area contributed by atoms with Crippen LogP contribution in [0.4, 0.5) is 0 Å². The SMILES string of the molecule is COCCNC(=O)CCOC(C)=S. The molecule has 0 aromatic carbocycles. The molecule has 0 spiro atoms. The van der Waals surface area contributed by atoms with Crippen LogP contribution in [0, 0.1) is 0 Å². The zero-order chi connectivity index (χ0) is 10.1. The molecule has 1 amide bonds. The minimum atomic E-state index is -0.0479. The van der Waals surface area contributed by atoms with Gasteiger partial charge in [-0.25, -0.2) is 0 Å². The molecular formula is C8H15NO3S. The van der Waals surface area contributed by atoms with E-state index in [2.05, 4.69) is 17.5 Å². The molecule has 0 fully saturated rings. The van der Waals surface area contributed by atoms with Crippen molar-refractivity contribution in [3.05, 3.63) is 0 Å². The van der Waals surface area contributed by atoms with Crippen molar-refractivity contribution >= 4 is 23.2 Å². The molecule has 76 valence electrons. The summed E-state index contributed by atoms with van der Waals surface area (Å²) in [6, 6.07) is 0. The first kappa shape index (κ1) is 12.3. The molecule has 0 atom stereocenters. The van der Waals surface area contributed by atoms with E-state index in [1.807, 2.05) is 0 Å². The molecule has 0 aliphatic carbocycles. The van der Waals surface area contributed by atoms with E-state index in [-0.39, 0.29) is 5.91 Å². The van der Waals surface area contributed by atoms with Crippen molar-refractivity contribution in [3.63, 3.8) is 0 Å². The van der Waals surface area contributed by atoms with Gasteiger partial charge >= 0.3 is 0 Å². The maximum atomic E-state index is 11.0. The summed E-state index contributed by atoms with van der Waals surface area (Å²) in [6.07, 6.45) is 0.331. The standard InChI is InChI=1S/C8H15NO3S/c1-7(13)12-5-3-8(10)9-4-6-11-2/h3-6H2,1-2H3,(H,9,10). The molecule has 0 unspecified atom stereocenters. The van der Waals surface area contributed by atoms with Crippen LogP contribution < -0.4 is 5.32 Å². The van der Waals surface area contributed by atoms with Crippen molar-refractivity contribution in [2.45, 2.75) is 13.3 Å². The number of ether oxygens (including phenoxy) is 2. The molecule has 13 heavy (non-hydrogen) atoms. The van der Waals surface area contributed by atoms with Gasteiger partial charge in [-0.05, 0) is 12.2 Å². The van der Waals surface area contributed by atoms with E-state index < -0.39 is 0 Å². The Hall–Kier alpha value is -0.680. The van der Waals surface area contributed by atoms with Crippen molar-refractivity contribution in [2.75, 3.05) is 26.9 Å². The van der Waals surface area contributed by atoms with Crippen LogP contribution in [-0.4, -0.2) is 37.8 Å². The number of hydrogen-bond acceptors (Lipinski definition) is 4. The van der Waals surface area contributed by atoms with Crippen LogP contribution in [0.15, 0.2) is 0 Å². The molecule has 4 nitrogen and oxygen atoms in total. The van der Waals surface area contributed by atoms with Crippen molar-refractivity contribution < 1.29 is 14.3 Å². The van der Waals surface area contributed by atoms with Gasteiger partial charge in [0.1, 0.15) is 0 Å². The summed E-state index contributed by atoms with van der Waals surface area (Å²) in [5, 5.41) is 3.13. The molecule has 0 aliphatic heterocycles. The van der Waals surface area contributed by atoms with E-state index >= 15 is 0 Å². The first-order valence-corrected chi connectivity index (χ1v) is 4.46. The van der Waals surface area contributed by atoms with Crippen molar-refractivity contribution in [1.82, 2.24) is 5.32 Å². The summed E-state index contributed by atoms with van der Waals surface area (Å²) in [7, 11) is 1.59. The van der Waals surface area contributed by atoms with Gasteiger partial charge in [-0.1, -0.05) is 0 Å². The first-order valence-electron chi connectivity index (χ1n) is 4.06. The maximum absolute atomic E-state index is 11.0. The molecular weight excluding hydrogens is 190 g/mol. The van der Waals surface area contributed by atoms with Crippen LogP contribution in [-0.2, 0) is 14.3 Å². The minimum absolute atomic E-state index is 0.0479. The number of carbonyl (C=O) groups excluding carboxylic acids is 1. The fraction of sp³-hybridized carbons (Fsp3) is 0.750. The van der Waals surface area contributed by atoms with Gasteiger partial charge in [0.25, 0.3) is 0 Å². The summed E-state index contributed by atoms with van der Waals surface area (Å²) in [5.74, 6) is -0.0479. The molecule has 0 aromatic rings. The van der Waals surface area contributed by atoms with Crippen molar-refractivity contribution in [2.24, 2.45) is 0 Å². The topological polar surface area (TPSA) is 47.6 Å². The Morgan fingerprint density at radius 2 is 2.15 bits per heavy atom. The second kappa shape index (κ2) is 7.94. The molecule has 0 heterocycles.